The molecule has 3 heterocycles. The van der Waals surface area contributed by atoms with Crippen molar-refractivity contribution in [3.8, 4) is 0 Å². The number of nitrogens with zero attached hydrogens (tertiary/aromatic N) is 4. The highest BCUT2D eigenvalue weighted by Gasteiger charge is 2.32. The van der Waals surface area contributed by atoms with E-state index >= 15 is 0 Å². The van der Waals surface area contributed by atoms with Crippen molar-refractivity contribution in [1.82, 2.24) is 28.9 Å². The van der Waals surface area contributed by atoms with Crippen LogP contribution in [0.3, 0.4) is 0 Å². The average Bonchev–Trinajstić information content (AvgIpc) is 3.07. The van der Waals surface area contributed by atoms with Crippen molar-refractivity contribution >= 4 is 80.0 Å². The van der Waals surface area contributed by atoms with E-state index in [2.05, 4.69) is 21.3 Å². The summed E-state index contributed by atoms with van der Waals surface area (Å²) in [7, 11) is 5.34. The Balaban J connectivity index is 0.000000204. The van der Waals surface area contributed by atoms with Gasteiger partial charge < -0.3 is 31.1 Å². The highest BCUT2D eigenvalue weighted by atomic mass is 127. The normalized spacial score (nSPS) is 16.4. The van der Waals surface area contributed by atoms with Crippen LogP contribution in [0.15, 0.2) is 55.6 Å². The molecule has 4 aromatic rings. The quantitative estimate of drug-likeness (QED) is 0.162. The Morgan fingerprint density at radius 2 is 1.09 bits per heavy atom. The summed E-state index contributed by atoms with van der Waals surface area (Å²) in [5.41, 5.74) is -3.31. The standard InChI is InChI=1S/C17H18FIN4O4.C16H16FIN4O4/c1-22-14(21-12-4-3-8(19)5-11(12)18)13(16(26)23(2)17(22)27)15(25)20-9-6-10(24)7-9;1-21-13(20-11-4-3-8(18)5-10(11)17)12(15(24)22(2)16(21)25)14(23)19-9-6-26-7-9/h3-5,9-10,21,24H,6-7H2,1-2H3,(H,20,25);3-5,9,20H,6-7H2,1-2H3,(H,19,23). The van der Waals surface area contributed by atoms with Crippen molar-refractivity contribution in [3.05, 3.63) is 108 Å². The highest BCUT2D eigenvalue weighted by Crippen LogP contribution is 2.25. The molecular formula is C33H34F2I2N8O8. The molecule has 0 atom stereocenters. The van der Waals surface area contributed by atoms with Gasteiger partial charge in [0.1, 0.15) is 34.4 Å². The van der Waals surface area contributed by atoms with Crippen LogP contribution >= 0.6 is 45.2 Å². The van der Waals surface area contributed by atoms with Crippen LogP contribution in [-0.4, -0.2) is 66.6 Å². The molecule has 16 nitrogen and oxygen atoms in total. The molecule has 5 N–H and O–H groups in total. The summed E-state index contributed by atoms with van der Waals surface area (Å²) in [6.07, 6.45) is 0.315. The van der Waals surface area contributed by atoms with E-state index in [1.807, 2.05) is 45.2 Å². The lowest BCUT2D eigenvalue weighted by atomic mass is 9.89. The van der Waals surface area contributed by atoms with Gasteiger partial charge >= 0.3 is 11.4 Å². The Kier molecular flexibility index (Phi) is 12.2. The van der Waals surface area contributed by atoms with Crippen molar-refractivity contribution in [2.24, 2.45) is 28.2 Å². The van der Waals surface area contributed by atoms with Crippen molar-refractivity contribution in [1.29, 1.82) is 0 Å². The van der Waals surface area contributed by atoms with Crippen LogP contribution in [0, 0.1) is 18.8 Å². The van der Waals surface area contributed by atoms with Crippen LogP contribution in [0.4, 0.5) is 31.8 Å². The first-order valence-corrected chi connectivity index (χ1v) is 18.1. The lowest BCUT2D eigenvalue weighted by Crippen LogP contribution is -2.51. The molecule has 0 spiro atoms. The summed E-state index contributed by atoms with van der Waals surface area (Å²) >= 11 is 3.92. The predicted octanol–water partition coefficient (Wildman–Crippen LogP) is 1.52. The third kappa shape index (κ3) is 8.54. The van der Waals surface area contributed by atoms with E-state index in [9.17, 15) is 42.7 Å². The number of ether oxygens (including phenoxy) is 1. The summed E-state index contributed by atoms with van der Waals surface area (Å²) in [5, 5.41) is 20.1. The van der Waals surface area contributed by atoms with Gasteiger partial charge in [0.25, 0.3) is 22.9 Å². The fraction of sp³-hybridized carbons (Fsp3) is 0.333. The summed E-state index contributed by atoms with van der Waals surface area (Å²) in [5.74, 6) is -2.65. The zero-order chi connectivity index (χ0) is 38.9. The number of amides is 2. The number of rotatable bonds is 8. The van der Waals surface area contributed by atoms with E-state index in [4.69, 9.17) is 4.74 Å². The first-order valence-electron chi connectivity index (χ1n) is 15.9. The van der Waals surface area contributed by atoms with Gasteiger partial charge in [-0.05, 0) is 94.4 Å². The number of hydrogen-bond acceptors (Lipinski definition) is 10. The molecule has 6 rings (SSSR count). The first-order chi connectivity index (χ1) is 25.0. The molecule has 282 valence electrons. The third-order valence-electron chi connectivity index (χ3n) is 8.57. The number of anilines is 4. The first kappa shape index (κ1) is 39.8. The number of nitrogens with one attached hydrogen (secondary N) is 4. The number of carbonyl (C=O) groups excluding carboxylic acids is 2. The summed E-state index contributed by atoms with van der Waals surface area (Å²) in [4.78, 5) is 74.9. The second kappa shape index (κ2) is 16.3. The third-order valence-corrected chi connectivity index (χ3v) is 9.92. The Morgan fingerprint density at radius 1 is 0.698 bits per heavy atom. The molecule has 1 aliphatic carbocycles. The molecule has 53 heavy (non-hydrogen) atoms. The monoisotopic (exact) mass is 962 g/mol. The van der Waals surface area contributed by atoms with Crippen molar-refractivity contribution in [2.45, 2.75) is 31.0 Å². The molecule has 2 amide bonds. The van der Waals surface area contributed by atoms with E-state index in [1.54, 1.807) is 12.1 Å². The smallest absolute Gasteiger partial charge is 0.332 e. The highest BCUT2D eigenvalue weighted by molar-refractivity contribution is 14.1. The molecule has 2 aromatic heterocycles. The van der Waals surface area contributed by atoms with Gasteiger partial charge in [0.2, 0.25) is 0 Å². The maximum atomic E-state index is 14.2. The SMILES string of the molecule is Cn1c(Nc2ccc(I)cc2F)c(C(=O)NC2CC(O)C2)c(=O)n(C)c1=O.Cn1c(Nc2ccc(I)cc2F)c(C(=O)NC2COC2)c(=O)n(C)c1=O. The van der Waals surface area contributed by atoms with E-state index in [0.29, 0.717) is 33.2 Å². The lowest BCUT2D eigenvalue weighted by Gasteiger charge is -2.32. The molecule has 0 bridgehead atoms. The predicted molar refractivity (Wildman–Crippen MR) is 207 cm³/mol. The van der Waals surface area contributed by atoms with Crippen LogP contribution in [-0.2, 0) is 32.9 Å². The van der Waals surface area contributed by atoms with E-state index in [1.165, 1.54) is 52.5 Å². The van der Waals surface area contributed by atoms with Crippen molar-refractivity contribution < 1.29 is 28.2 Å². The van der Waals surface area contributed by atoms with Crippen LogP contribution in [0.1, 0.15) is 33.6 Å². The van der Waals surface area contributed by atoms with Gasteiger partial charge in [-0.3, -0.25) is 37.4 Å². The number of hydrogen-bond donors (Lipinski definition) is 5. The molecule has 2 aromatic carbocycles. The summed E-state index contributed by atoms with van der Waals surface area (Å²) in [6, 6.07) is 8.39. The molecule has 0 radical (unpaired) electrons. The number of aromatic nitrogens is 4. The van der Waals surface area contributed by atoms with Gasteiger partial charge in [-0.25, -0.2) is 18.4 Å². The Morgan fingerprint density at radius 3 is 1.43 bits per heavy atom. The summed E-state index contributed by atoms with van der Waals surface area (Å²) < 4.78 is 38.6. The minimum Gasteiger partial charge on any atom is -0.393 e. The van der Waals surface area contributed by atoms with Crippen LogP contribution < -0.4 is 43.8 Å². The van der Waals surface area contributed by atoms with E-state index in [0.717, 1.165) is 18.3 Å². The van der Waals surface area contributed by atoms with Gasteiger partial charge in [-0.2, -0.15) is 0 Å². The van der Waals surface area contributed by atoms with Crippen LogP contribution in [0.5, 0.6) is 0 Å². The number of aliphatic hydroxyl groups excluding tert-OH is 1. The van der Waals surface area contributed by atoms with E-state index in [-0.39, 0.29) is 46.2 Å². The number of carbonyl (C=O) groups is 2. The van der Waals surface area contributed by atoms with Crippen molar-refractivity contribution in [3.63, 3.8) is 0 Å². The number of aliphatic hydroxyl groups is 1. The minimum absolute atomic E-state index is 0.0341. The van der Waals surface area contributed by atoms with Gasteiger partial charge in [0.05, 0.1) is 36.7 Å². The zero-order valence-corrected chi connectivity index (χ0v) is 32.9. The molecular weight excluding hydrogens is 928 g/mol. The molecule has 1 saturated heterocycles. The van der Waals surface area contributed by atoms with Crippen LogP contribution in [0.2, 0.25) is 0 Å². The second-order valence-electron chi connectivity index (χ2n) is 12.4. The van der Waals surface area contributed by atoms with Crippen LogP contribution in [0.25, 0.3) is 0 Å². The van der Waals surface area contributed by atoms with Crippen molar-refractivity contribution in [2.75, 3.05) is 23.8 Å². The average molecular weight is 962 g/mol. The molecule has 20 heteroatoms. The molecule has 1 saturated carbocycles. The van der Waals surface area contributed by atoms with Gasteiger partial charge in [0.15, 0.2) is 0 Å². The maximum absolute atomic E-state index is 14.2. The van der Waals surface area contributed by atoms with Gasteiger partial charge in [0, 0.05) is 41.4 Å². The number of benzene rings is 2. The fourth-order valence-electron chi connectivity index (χ4n) is 5.37. The Labute approximate surface area is 326 Å². The van der Waals surface area contributed by atoms with Gasteiger partial charge in [-0.15, -0.1) is 0 Å². The van der Waals surface area contributed by atoms with Gasteiger partial charge in [-0.1, -0.05) is 0 Å². The number of halogens is 4. The minimum atomic E-state index is -0.788. The maximum Gasteiger partial charge on any atom is 0.332 e. The topological polar surface area (TPSA) is 200 Å². The Bertz CT molecular complexity index is 2350. The fourth-order valence-corrected chi connectivity index (χ4v) is 6.27. The zero-order valence-electron chi connectivity index (χ0n) is 28.6. The largest absolute Gasteiger partial charge is 0.393 e. The lowest BCUT2D eigenvalue weighted by molar-refractivity contribution is -0.00349. The molecule has 1 aliphatic heterocycles. The second-order valence-corrected chi connectivity index (χ2v) is 14.9. The Hall–Kier alpha value is -4.42. The molecule has 2 fully saturated rings. The summed E-state index contributed by atoms with van der Waals surface area (Å²) in [6.45, 7) is 0.707. The van der Waals surface area contributed by atoms with E-state index < -0.39 is 52.1 Å². The molecule has 2 aliphatic rings. The molecule has 0 unspecified atom stereocenters.